The summed E-state index contributed by atoms with van der Waals surface area (Å²) in [5, 5.41) is 15.4. The van der Waals surface area contributed by atoms with E-state index in [1.807, 2.05) is 42.5 Å². The molecule has 2 aromatic heterocycles. The van der Waals surface area contributed by atoms with E-state index in [1.54, 1.807) is 18.3 Å². The highest BCUT2D eigenvalue weighted by Crippen LogP contribution is 2.34. The predicted octanol–water partition coefficient (Wildman–Crippen LogP) is 5.04. The van der Waals surface area contributed by atoms with Crippen molar-refractivity contribution in [3.8, 4) is 11.5 Å². The Morgan fingerprint density at radius 3 is 2.71 bits per heavy atom. The zero-order valence-corrected chi connectivity index (χ0v) is 18.8. The van der Waals surface area contributed by atoms with Crippen LogP contribution in [-0.4, -0.2) is 39.3 Å². The minimum atomic E-state index is -1.06. The largest absolute Gasteiger partial charge is 0.493 e. The van der Waals surface area contributed by atoms with Gasteiger partial charge in [-0.2, -0.15) is 0 Å². The Balaban J connectivity index is 1.48. The van der Waals surface area contributed by atoms with Crippen molar-refractivity contribution in [1.29, 1.82) is 0 Å². The van der Waals surface area contributed by atoms with Gasteiger partial charge in [0.25, 0.3) is 0 Å². The maximum Gasteiger partial charge on any atom is 0.404 e. The second kappa shape index (κ2) is 11.2. The van der Waals surface area contributed by atoms with Gasteiger partial charge in [-0.1, -0.05) is 23.7 Å². The normalized spacial score (nSPS) is 10.6. The minimum Gasteiger partial charge on any atom is -0.493 e. The number of aromatic nitrogens is 3. The van der Waals surface area contributed by atoms with Gasteiger partial charge in [0.1, 0.15) is 30.3 Å². The van der Waals surface area contributed by atoms with Gasteiger partial charge >= 0.3 is 6.09 Å². The van der Waals surface area contributed by atoms with E-state index in [0.717, 1.165) is 11.4 Å². The highest BCUT2D eigenvalue weighted by molar-refractivity contribution is 6.32. The third-order valence-corrected chi connectivity index (χ3v) is 5.07. The van der Waals surface area contributed by atoms with Gasteiger partial charge in [-0.3, -0.25) is 4.98 Å². The number of nitrogens with one attached hydrogen (secondary N) is 2. The molecule has 0 fully saturated rings. The lowest BCUT2D eigenvalue weighted by atomic mass is 10.2. The summed E-state index contributed by atoms with van der Waals surface area (Å²) in [5.41, 5.74) is 2.23. The quantitative estimate of drug-likeness (QED) is 0.271. The van der Waals surface area contributed by atoms with E-state index in [0.29, 0.717) is 59.4 Å². The summed E-state index contributed by atoms with van der Waals surface area (Å²) in [4.78, 5) is 23.5. The van der Waals surface area contributed by atoms with Gasteiger partial charge in [-0.25, -0.2) is 14.8 Å². The highest BCUT2D eigenvalue weighted by atomic mass is 35.5. The summed E-state index contributed by atoms with van der Waals surface area (Å²) in [6.45, 7) is 0.948. The van der Waals surface area contributed by atoms with E-state index in [4.69, 9.17) is 26.2 Å². The van der Waals surface area contributed by atoms with Gasteiger partial charge < -0.3 is 25.2 Å². The van der Waals surface area contributed by atoms with Gasteiger partial charge in [0.15, 0.2) is 0 Å². The molecule has 0 aliphatic rings. The van der Waals surface area contributed by atoms with E-state index in [1.165, 1.54) is 6.33 Å². The zero-order valence-electron chi connectivity index (χ0n) is 18.1. The molecule has 0 saturated carbocycles. The van der Waals surface area contributed by atoms with E-state index in [9.17, 15) is 4.79 Å². The standard InChI is InChI=1S/C24H22ClN5O4/c25-18-13-16(8-9-20(18)34-14-17-5-1-2-10-26-17)30-23-22-19(28-15-29-23)6-3-7-21(22)33-12-4-11-27-24(31)32/h1-3,5-10,13,15,27H,4,11-12,14H2,(H,31,32)(H,28,29,30). The molecule has 0 spiro atoms. The molecule has 0 aliphatic carbocycles. The molecular formula is C24H22ClN5O4. The van der Waals surface area contributed by atoms with Crippen molar-refractivity contribution in [3.63, 3.8) is 0 Å². The van der Waals surface area contributed by atoms with Crippen LogP contribution in [0.5, 0.6) is 11.5 Å². The lowest BCUT2D eigenvalue weighted by molar-refractivity contribution is 0.193. The number of nitrogens with zero attached hydrogens (tertiary/aromatic N) is 3. The Hall–Kier alpha value is -4.11. The van der Waals surface area contributed by atoms with Crippen LogP contribution in [-0.2, 0) is 6.61 Å². The molecule has 174 valence electrons. The van der Waals surface area contributed by atoms with Crippen LogP contribution in [0.1, 0.15) is 12.1 Å². The first-order valence-corrected chi connectivity index (χ1v) is 10.9. The van der Waals surface area contributed by atoms with Crippen molar-refractivity contribution >= 4 is 40.1 Å². The minimum absolute atomic E-state index is 0.301. The lowest BCUT2D eigenvalue weighted by Crippen LogP contribution is -2.23. The molecule has 1 amide bonds. The fraction of sp³-hybridized carbons (Fsp3) is 0.167. The first-order valence-electron chi connectivity index (χ1n) is 10.5. The molecule has 10 heteroatoms. The molecule has 2 heterocycles. The van der Waals surface area contributed by atoms with Gasteiger partial charge in [0.05, 0.1) is 28.2 Å². The molecule has 4 aromatic rings. The average molecular weight is 480 g/mol. The summed E-state index contributed by atoms with van der Waals surface area (Å²) < 4.78 is 11.7. The Kier molecular flexibility index (Phi) is 7.56. The van der Waals surface area contributed by atoms with Gasteiger partial charge in [-0.05, 0) is 48.9 Å². The number of ether oxygens (including phenoxy) is 2. The highest BCUT2D eigenvalue weighted by Gasteiger charge is 2.12. The van der Waals surface area contributed by atoms with Gasteiger partial charge in [-0.15, -0.1) is 0 Å². The summed E-state index contributed by atoms with van der Waals surface area (Å²) in [7, 11) is 0. The van der Waals surface area contributed by atoms with Crippen LogP contribution in [0.2, 0.25) is 5.02 Å². The second-order valence-electron chi connectivity index (χ2n) is 7.19. The number of fused-ring (bicyclic) bond motifs is 1. The maximum atomic E-state index is 10.6. The van der Waals surface area contributed by atoms with Crippen LogP contribution < -0.4 is 20.1 Å². The van der Waals surface area contributed by atoms with Gasteiger partial charge in [0.2, 0.25) is 0 Å². The molecule has 0 saturated heterocycles. The number of pyridine rings is 1. The number of anilines is 2. The number of hydrogen-bond donors (Lipinski definition) is 3. The molecule has 0 atom stereocenters. The fourth-order valence-electron chi connectivity index (χ4n) is 3.21. The third kappa shape index (κ3) is 6.02. The Bertz CT molecular complexity index is 1270. The zero-order chi connectivity index (χ0) is 23.8. The van der Waals surface area contributed by atoms with E-state index >= 15 is 0 Å². The van der Waals surface area contributed by atoms with Crippen LogP contribution >= 0.6 is 11.6 Å². The number of halogens is 1. The molecule has 0 radical (unpaired) electrons. The topological polar surface area (TPSA) is 118 Å². The third-order valence-electron chi connectivity index (χ3n) is 4.78. The first-order chi connectivity index (χ1) is 16.6. The van der Waals surface area contributed by atoms with Crippen LogP contribution in [0.25, 0.3) is 10.9 Å². The SMILES string of the molecule is O=C(O)NCCCOc1cccc2ncnc(Nc3ccc(OCc4ccccn4)c(Cl)c3)c12. The van der Waals surface area contributed by atoms with Crippen LogP contribution in [0.15, 0.2) is 67.1 Å². The van der Waals surface area contributed by atoms with Gasteiger partial charge in [0, 0.05) is 18.4 Å². The Morgan fingerprint density at radius 2 is 1.91 bits per heavy atom. The van der Waals surface area contributed by atoms with Crippen LogP contribution in [0.3, 0.4) is 0 Å². The molecule has 4 rings (SSSR count). The number of amides is 1. The number of carbonyl (C=O) groups is 1. The lowest BCUT2D eigenvalue weighted by Gasteiger charge is -2.14. The number of carboxylic acid groups (broad SMARTS) is 1. The van der Waals surface area contributed by atoms with Crippen LogP contribution in [0, 0.1) is 0 Å². The predicted molar refractivity (Wildman–Crippen MR) is 129 cm³/mol. The average Bonchev–Trinajstić information content (AvgIpc) is 2.84. The van der Waals surface area contributed by atoms with Crippen LogP contribution in [0.4, 0.5) is 16.3 Å². The molecule has 34 heavy (non-hydrogen) atoms. The molecule has 0 aliphatic heterocycles. The van der Waals surface area contributed by atoms with E-state index in [2.05, 4.69) is 25.6 Å². The van der Waals surface area contributed by atoms with E-state index < -0.39 is 6.09 Å². The summed E-state index contributed by atoms with van der Waals surface area (Å²) in [6.07, 6.45) is 2.65. The number of rotatable bonds is 10. The van der Waals surface area contributed by atoms with Crippen molar-refractivity contribution in [2.45, 2.75) is 13.0 Å². The second-order valence-corrected chi connectivity index (χ2v) is 7.59. The molecule has 0 unspecified atom stereocenters. The monoisotopic (exact) mass is 479 g/mol. The summed E-state index contributed by atoms with van der Waals surface area (Å²) in [5.74, 6) is 1.70. The van der Waals surface area contributed by atoms with Crippen molar-refractivity contribution in [3.05, 3.63) is 77.8 Å². The van der Waals surface area contributed by atoms with Crippen molar-refractivity contribution in [2.24, 2.45) is 0 Å². The van der Waals surface area contributed by atoms with E-state index in [-0.39, 0.29) is 0 Å². The fourth-order valence-corrected chi connectivity index (χ4v) is 3.45. The smallest absolute Gasteiger partial charge is 0.404 e. The maximum absolute atomic E-state index is 10.6. The molecule has 0 bridgehead atoms. The first kappa shape index (κ1) is 23.1. The number of benzene rings is 2. The number of hydrogen-bond acceptors (Lipinski definition) is 7. The van der Waals surface area contributed by atoms with Crippen molar-refractivity contribution in [2.75, 3.05) is 18.5 Å². The summed E-state index contributed by atoms with van der Waals surface area (Å²) >= 11 is 6.44. The molecule has 3 N–H and O–H groups in total. The van der Waals surface area contributed by atoms with Crippen molar-refractivity contribution in [1.82, 2.24) is 20.3 Å². The molecular weight excluding hydrogens is 458 g/mol. The Morgan fingerprint density at radius 1 is 1.00 bits per heavy atom. The summed E-state index contributed by atoms with van der Waals surface area (Å²) in [6, 6.07) is 16.5. The van der Waals surface area contributed by atoms with Crippen molar-refractivity contribution < 1.29 is 19.4 Å². The molecule has 2 aromatic carbocycles. The Labute approximate surface area is 200 Å². The molecule has 9 nitrogen and oxygen atoms in total.